The predicted octanol–water partition coefficient (Wildman–Crippen LogP) is 8.94. The molecule has 0 bridgehead atoms. The third-order valence-corrected chi connectivity index (χ3v) is 5.38. The monoisotopic (exact) mass is 728 g/mol. The molecule has 0 aromatic heterocycles. The Labute approximate surface area is 221 Å². The van der Waals surface area contributed by atoms with Gasteiger partial charge < -0.3 is 5.11 Å². The van der Waals surface area contributed by atoms with Crippen LogP contribution in [0.4, 0.5) is 119 Å². The van der Waals surface area contributed by atoms with Gasteiger partial charge in [-0.3, -0.25) is 0 Å². The first-order valence-electron chi connectivity index (χ1n) is 9.70. The highest BCUT2D eigenvalue weighted by atomic mass is 19.4. The van der Waals surface area contributed by atoms with E-state index in [-0.39, 0.29) is 6.92 Å². The summed E-state index contributed by atoms with van der Waals surface area (Å²) in [6.45, 7) is -0.0555. The first kappa shape index (κ1) is 42.1. The van der Waals surface area contributed by atoms with Gasteiger partial charge in [0.15, 0.2) is 0 Å². The molecule has 0 saturated carbocycles. The molecular formula is C16H7F27O. The largest absolute Gasteiger partial charge is 0.457 e. The summed E-state index contributed by atoms with van der Waals surface area (Å²) in [6, 6.07) is 0. The molecular weight excluding hydrogens is 721 g/mol. The van der Waals surface area contributed by atoms with Crippen LogP contribution in [0.25, 0.3) is 0 Å². The molecule has 0 aromatic carbocycles. The van der Waals surface area contributed by atoms with Crippen molar-refractivity contribution in [3.63, 3.8) is 0 Å². The maximum Gasteiger partial charge on any atom is 0.457 e. The Balaban J connectivity index is 7.66. The summed E-state index contributed by atoms with van der Waals surface area (Å²) < 4.78 is 360. The lowest BCUT2D eigenvalue weighted by atomic mass is 9.79. The van der Waals surface area contributed by atoms with E-state index in [1.807, 2.05) is 0 Å². The molecule has 0 aliphatic heterocycles. The molecule has 0 spiro atoms. The summed E-state index contributed by atoms with van der Waals surface area (Å²) in [5.41, 5.74) is -9.65. The molecule has 0 aliphatic carbocycles. The van der Waals surface area contributed by atoms with Crippen LogP contribution < -0.4 is 0 Å². The minimum Gasteiger partial charge on any atom is -0.393 e. The molecule has 0 fully saturated rings. The summed E-state index contributed by atoms with van der Waals surface area (Å²) in [5, 5.41) is 8.51. The maximum absolute atomic E-state index is 13.8. The molecule has 2 unspecified atom stereocenters. The molecule has 0 heterocycles. The van der Waals surface area contributed by atoms with Crippen molar-refractivity contribution in [2.45, 2.75) is 96.7 Å². The molecule has 28 heteroatoms. The van der Waals surface area contributed by atoms with Gasteiger partial charge in [-0.15, -0.1) is 0 Å². The SMILES string of the molecule is CC(O)CC(F)(F)C(F)(F)C(F)(F)C(F)(F)C(F)(F)C(F)(F)C(F)(F)C(F)(F)C(F)(F)C(F)(C(F)(F)F)C(F)(F)C(F)(F)F. The second kappa shape index (κ2) is 10.3. The van der Waals surface area contributed by atoms with Gasteiger partial charge in [0, 0.05) is 6.42 Å². The third-order valence-electron chi connectivity index (χ3n) is 5.38. The molecule has 1 nitrogen and oxygen atoms in total. The fraction of sp³-hybridized carbons (Fsp3) is 1.00. The van der Waals surface area contributed by atoms with E-state index >= 15 is 0 Å². The van der Waals surface area contributed by atoms with Crippen LogP contribution in [0.5, 0.6) is 0 Å². The summed E-state index contributed by atoms with van der Waals surface area (Å²) in [6.07, 6.45) is -23.8. The number of aliphatic hydroxyl groups is 1. The van der Waals surface area contributed by atoms with Crippen molar-refractivity contribution in [1.82, 2.24) is 0 Å². The number of hydrogen-bond donors (Lipinski definition) is 1. The fourth-order valence-electron chi connectivity index (χ4n) is 2.88. The zero-order chi connectivity index (χ0) is 36.8. The average molecular weight is 728 g/mol. The average Bonchev–Trinajstić information content (AvgIpc) is 2.74. The fourth-order valence-corrected chi connectivity index (χ4v) is 2.88. The van der Waals surface area contributed by atoms with Crippen LogP contribution in [0.1, 0.15) is 13.3 Å². The predicted molar refractivity (Wildman–Crippen MR) is 81.7 cm³/mol. The summed E-state index contributed by atoms with van der Waals surface area (Å²) in [7, 11) is 0. The zero-order valence-corrected chi connectivity index (χ0v) is 19.4. The zero-order valence-electron chi connectivity index (χ0n) is 19.4. The lowest BCUT2D eigenvalue weighted by Crippen LogP contribution is -2.81. The molecule has 44 heavy (non-hydrogen) atoms. The van der Waals surface area contributed by atoms with Crippen molar-refractivity contribution in [2.75, 3.05) is 0 Å². The Morgan fingerprint density at radius 1 is 0.341 bits per heavy atom. The first-order valence-corrected chi connectivity index (χ1v) is 9.70. The normalized spacial score (nSPS) is 18.8. The molecule has 0 saturated heterocycles. The van der Waals surface area contributed by atoms with Crippen LogP contribution in [-0.2, 0) is 0 Å². The summed E-state index contributed by atoms with van der Waals surface area (Å²) in [4.78, 5) is 0. The van der Waals surface area contributed by atoms with Gasteiger partial charge in [0.2, 0.25) is 0 Å². The van der Waals surface area contributed by atoms with Crippen LogP contribution >= 0.6 is 0 Å². The van der Waals surface area contributed by atoms with E-state index in [9.17, 15) is 119 Å². The Hall–Kier alpha value is -1.93. The minimum absolute atomic E-state index is 0.0555. The van der Waals surface area contributed by atoms with Gasteiger partial charge in [-0.25, -0.2) is 4.39 Å². The van der Waals surface area contributed by atoms with E-state index in [1.165, 1.54) is 0 Å². The first-order chi connectivity index (χ1) is 18.4. The van der Waals surface area contributed by atoms with Crippen LogP contribution in [0.2, 0.25) is 0 Å². The summed E-state index contributed by atoms with van der Waals surface area (Å²) >= 11 is 0. The Kier molecular flexibility index (Phi) is 9.83. The van der Waals surface area contributed by atoms with Gasteiger partial charge in [-0.05, 0) is 6.92 Å². The standard InChI is InChI=1S/C16H7F27O/c1-3(44)2-4(17,18)6(20,21)9(26,27)11(30,31)13(34,35)14(36,37)12(32,33)10(28,29)7(22,23)5(19,15(38,39)40)8(24,25)16(41,42)43/h3,44H,2H2,1H3. The van der Waals surface area contributed by atoms with Crippen molar-refractivity contribution < 1.29 is 124 Å². The van der Waals surface area contributed by atoms with Gasteiger partial charge >= 0.3 is 77.2 Å². The smallest absolute Gasteiger partial charge is 0.393 e. The lowest BCUT2D eigenvalue weighted by Gasteiger charge is -2.47. The molecule has 0 aliphatic rings. The van der Waals surface area contributed by atoms with Crippen molar-refractivity contribution >= 4 is 0 Å². The second-order valence-corrected chi connectivity index (χ2v) is 8.58. The van der Waals surface area contributed by atoms with Crippen LogP contribution in [0, 0.1) is 0 Å². The number of aliphatic hydroxyl groups excluding tert-OH is 1. The van der Waals surface area contributed by atoms with Crippen LogP contribution in [0.3, 0.4) is 0 Å². The van der Waals surface area contributed by atoms with Crippen molar-refractivity contribution in [2.24, 2.45) is 0 Å². The van der Waals surface area contributed by atoms with E-state index in [1.54, 1.807) is 0 Å². The topological polar surface area (TPSA) is 20.2 Å². The number of halogens is 27. The summed E-state index contributed by atoms with van der Waals surface area (Å²) in [5.74, 6) is -92.0. The third kappa shape index (κ3) is 4.96. The molecule has 2 atom stereocenters. The van der Waals surface area contributed by atoms with Gasteiger partial charge in [0.1, 0.15) is 0 Å². The molecule has 266 valence electrons. The Morgan fingerprint density at radius 2 is 0.568 bits per heavy atom. The molecule has 0 amide bonds. The van der Waals surface area contributed by atoms with Crippen LogP contribution in [-0.4, -0.2) is 88.5 Å². The van der Waals surface area contributed by atoms with Gasteiger partial charge in [0.25, 0.3) is 0 Å². The molecule has 0 aromatic rings. The number of hydrogen-bond acceptors (Lipinski definition) is 1. The van der Waals surface area contributed by atoms with Gasteiger partial charge in [-0.2, -0.15) is 114 Å². The molecule has 1 N–H and O–H groups in total. The number of alkyl halides is 27. The molecule has 0 rings (SSSR count). The Bertz CT molecular complexity index is 1030. The lowest BCUT2D eigenvalue weighted by molar-refractivity contribution is -0.489. The molecule has 0 radical (unpaired) electrons. The minimum atomic E-state index is -9.92. The number of rotatable bonds is 12. The van der Waals surface area contributed by atoms with Crippen molar-refractivity contribution in [1.29, 1.82) is 0 Å². The van der Waals surface area contributed by atoms with E-state index < -0.39 is 89.8 Å². The van der Waals surface area contributed by atoms with Gasteiger partial charge in [0.05, 0.1) is 6.10 Å². The van der Waals surface area contributed by atoms with E-state index in [4.69, 9.17) is 5.11 Å². The Morgan fingerprint density at radius 3 is 0.773 bits per heavy atom. The van der Waals surface area contributed by atoms with Crippen molar-refractivity contribution in [3.8, 4) is 0 Å². The van der Waals surface area contributed by atoms with Gasteiger partial charge in [-0.1, -0.05) is 0 Å². The van der Waals surface area contributed by atoms with E-state index in [0.29, 0.717) is 0 Å². The highest BCUT2D eigenvalue weighted by Gasteiger charge is 3.01. The van der Waals surface area contributed by atoms with Crippen molar-refractivity contribution in [3.05, 3.63) is 0 Å². The second-order valence-electron chi connectivity index (χ2n) is 8.58. The quantitative estimate of drug-likeness (QED) is 0.199. The highest BCUT2D eigenvalue weighted by molar-refractivity contribution is 5.23. The van der Waals surface area contributed by atoms with E-state index in [2.05, 4.69) is 0 Å². The van der Waals surface area contributed by atoms with Crippen LogP contribution in [0.15, 0.2) is 0 Å². The highest BCUT2D eigenvalue weighted by Crippen LogP contribution is 2.69. The maximum atomic E-state index is 13.8. The van der Waals surface area contributed by atoms with E-state index in [0.717, 1.165) is 0 Å².